The van der Waals surface area contributed by atoms with Gasteiger partial charge in [-0.25, -0.2) is 4.98 Å². The van der Waals surface area contributed by atoms with Gasteiger partial charge in [-0.3, -0.25) is 0 Å². The van der Waals surface area contributed by atoms with Crippen LogP contribution in [0.25, 0.3) is 23.2 Å². The van der Waals surface area contributed by atoms with Gasteiger partial charge in [-0.1, -0.05) is 30.3 Å². The lowest BCUT2D eigenvalue weighted by Gasteiger charge is -2.04. The van der Waals surface area contributed by atoms with Crippen molar-refractivity contribution in [3.63, 3.8) is 0 Å². The molecule has 0 aliphatic carbocycles. The Bertz CT molecular complexity index is 908. The molecular formula is C18H13F2N3O. The second-order valence-corrected chi connectivity index (χ2v) is 4.98. The van der Waals surface area contributed by atoms with E-state index in [2.05, 4.69) is 15.8 Å². The normalized spacial score (nSPS) is 11.2. The van der Waals surface area contributed by atoms with Gasteiger partial charge in [-0.2, -0.15) is 14.0 Å². The van der Waals surface area contributed by atoms with Crippen molar-refractivity contribution in [1.29, 1.82) is 5.26 Å². The topological polar surface area (TPSA) is 50.8 Å². The zero-order chi connectivity index (χ0) is 16.9. The third kappa shape index (κ3) is 3.41. The van der Waals surface area contributed by atoms with Crippen LogP contribution in [-0.4, -0.2) is 16.2 Å². The van der Waals surface area contributed by atoms with Crippen LogP contribution in [0.2, 0.25) is 0 Å². The van der Waals surface area contributed by atoms with Gasteiger partial charge >= 0.3 is 6.61 Å². The van der Waals surface area contributed by atoms with Gasteiger partial charge in [0.25, 0.3) is 0 Å². The standard InChI is InChI=1S/C18H13F2N3O/c19-18(20)24-14-8-5-13(6-9-14)7-10-17-22-15-3-1-2-4-16(15)23(17)12-11-21/h1-10,18H,12H2. The highest BCUT2D eigenvalue weighted by Crippen LogP contribution is 2.19. The van der Waals surface area contributed by atoms with Crippen molar-refractivity contribution >= 4 is 23.2 Å². The van der Waals surface area contributed by atoms with Gasteiger partial charge in [0.15, 0.2) is 0 Å². The van der Waals surface area contributed by atoms with Crippen LogP contribution < -0.4 is 4.74 Å². The molecule has 6 heteroatoms. The van der Waals surface area contributed by atoms with Crippen molar-refractivity contribution in [3.05, 3.63) is 59.9 Å². The highest BCUT2D eigenvalue weighted by molar-refractivity contribution is 5.80. The first-order valence-corrected chi connectivity index (χ1v) is 7.22. The number of aromatic nitrogens is 2. The fourth-order valence-corrected chi connectivity index (χ4v) is 2.39. The molecule has 0 atom stereocenters. The molecular weight excluding hydrogens is 312 g/mol. The molecule has 3 aromatic rings. The lowest BCUT2D eigenvalue weighted by Crippen LogP contribution is -2.01. The Labute approximate surface area is 137 Å². The van der Waals surface area contributed by atoms with E-state index in [9.17, 15) is 8.78 Å². The van der Waals surface area contributed by atoms with Crippen LogP contribution >= 0.6 is 0 Å². The number of hydrogen-bond acceptors (Lipinski definition) is 3. The average molecular weight is 325 g/mol. The number of halogens is 2. The summed E-state index contributed by atoms with van der Waals surface area (Å²) in [5.74, 6) is 0.768. The van der Waals surface area contributed by atoms with Crippen LogP contribution in [0.3, 0.4) is 0 Å². The predicted octanol–water partition coefficient (Wildman–Crippen LogP) is 4.33. The molecule has 0 radical (unpaired) electrons. The Balaban J connectivity index is 1.87. The summed E-state index contributed by atoms with van der Waals surface area (Å²) in [6, 6.07) is 16.0. The number of ether oxygens (including phenoxy) is 1. The first-order chi connectivity index (χ1) is 11.7. The van der Waals surface area contributed by atoms with Crippen LogP contribution in [0, 0.1) is 11.3 Å². The van der Waals surface area contributed by atoms with Crippen molar-refractivity contribution in [2.24, 2.45) is 0 Å². The van der Waals surface area contributed by atoms with E-state index in [1.54, 1.807) is 24.3 Å². The number of alkyl halides is 2. The maximum absolute atomic E-state index is 12.1. The zero-order valence-corrected chi connectivity index (χ0v) is 12.6. The number of nitrogens with zero attached hydrogens (tertiary/aromatic N) is 3. The van der Waals surface area contributed by atoms with Crippen molar-refractivity contribution < 1.29 is 13.5 Å². The average Bonchev–Trinajstić information content (AvgIpc) is 2.92. The summed E-state index contributed by atoms with van der Waals surface area (Å²) in [7, 11) is 0. The predicted molar refractivity (Wildman–Crippen MR) is 87.3 cm³/mol. The van der Waals surface area contributed by atoms with Crippen molar-refractivity contribution in [1.82, 2.24) is 9.55 Å². The molecule has 0 spiro atoms. The Kier molecular flexibility index (Phi) is 4.52. The van der Waals surface area contributed by atoms with E-state index >= 15 is 0 Å². The molecule has 3 rings (SSSR count). The molecule has 0 aliphatic rings. The molecule has 24 heavy (non-hydrogen) atoms. The van der Waals surface area contributed by atoms with Gasteiger partial charge < -0.3 is 9.30 Å². The van der Waals surface area contributed by atoms with E-state index in [1.165, 1.54) is 12.1 Å². The summed E-state index contributed by atoms with van der Waals surface area (Å²) >= 11 is 0. The van der Waals surface area contributed by atoms with Crippen LogP contribution in [0.15, 0.2) is 48.5 Å². The Hall–Kier alpha value is -3.20. The highest BCUT2D eigenvalue weighted by Gasteiger charge is 2.07. The second kappa shape index (κ2) is 6.92. The smallest absolute Gasteiger partial charge is 0.387 e. The first kappa shape index (κ1) is 15.7. The minimum atomic E-state index is -2.84. The molecule has 4 nitrogen and oxygen atoms in total. The van der Waals surface area contributed by atoms with Crippen LogP contribution in [0.4, 0.5) is 8.78 Å². The van der Waals surface area contributed by atoms with Crippen LogP contribution in [-0.2, 0) is 6.54 Å². The van der Waals surface area contributed by atoms with E-state index in [0.29, 0.717) is 5.82 Å². The van der Waals surface area contributed by atoms with E-state index in [-0.39, 0.29) is 12.3 Å². The molecule has 1 heterocycles. The Morgan fingerprint density at radius 1 is 1.12 bits per heavy atom. The van der Waals surface area contributed by atoms with E-state index < -0.39 is 6.61 Å². The number of imidazole rings is 1. The van der Waals surface area contributed by atoms with Gasteiger partial charge in [0.2, 0.25) is 0 Å². The summed E-state index contributed by atoms with van der Waals surface area (Å²) < 4.78 is 30.4. The molecule has 0 saturated heterocycles. The number of rotatable bonds is 5. The number of para-hydroxylation sites is 2. The molecule has 0 saturated carbocycles. The summed E-state index contributed by atoms with van der Waals surface area (Å²) in [5.41, 5.74) is 2.51. The third-order valence-electron chi connectivity index (χ3n) is 3.44. The maximum atomic E-state index is 12.1. The lowest BCUT2D eigenvalue weighted by atomic mass is 10.2. The quantitative estimate of drug-likeness (QED) is 0.701. The van der Waals surface area contributed by atoms with E-state index in [4.69, 9.17) is 5.26 Å². The molecule has 0 aliphatic heterocycles. The molecule has 120 valence electrons. The summed E-state index contributed by atoms with van der Waals surface area (Å²) in [4.78, 5) is 4.50. The Morgan fingerprint density at radius 2 is 1.88 bits per heavy atom. The van der Waals surface area contributed by atoms with Gasteiger partial charge in [0.1, 0.15) is 18.1 Å². The van der Waals surface area contributed by atoms with Crippen molar-refractivity contribution in [2.45, 2.75) is 13.2 Å². The minimum Gasteiger partial charge on any atom is -0.435 e. The molecule has 0 fully saturated rings. The first-order valence-electron chi connectivity index (χ1n) is 7.22. The van der Waals surface area contributed by atoms with Crippen molar-refractivity contribution in [3.8, 4) is 11.8 Å². The highest BCUT2D eigenvalue weighted by atomic mass is 19.3. The Morgan fingerprint density at radius 3 is 2.58 bits per heavy atom. The summed E-state index contributed by atoms with van der Waals surface area (Å²) in [6.07, 6.45) is 3.60. The monoisotopic (exact) mass is 325 g/mol. The summed E-state index contributed by atoms with van der Waals surface area (Å²) in [5, 5.41) is 9.01. The molecule has 0 bridgehead atoms. The number of hydrogen-bond donors (Lipinski definition) is 0. The van der Waals surface area contributed by atoms with Crippen molar-refractivity contribution in [2.75, 3.05) is 0 Å². The van der Waals surface area contributed by atoms with Crippen LogP contribution in [0.1, 0.15) is 11.4 Å². The molecule has 0 amide bonds. The molecule has 0 N–H and O–H groups in total. The molecule has 2 aromatic carbocycles. The zero-order valence-electron chi connectivity index (χ0n) is 12.6. The minimum absolute atomic E-state index is 0.110. The fraction of sp³-hybridized carbons (Fsp3) is 0.111. The van der Waals surface area contributed by atoms with Gasteiger partial charge in [-0.15, -0.1) is 0 Å². The molecule has 0 unspecified atom stereocenters. The van der Waals surface area contributed by atoms with Crippen LogP contribution in [0.5, 0.6) is 5.75 Å². The lowest BCUT2D eigenvalue weighted by molar-refractivity contribution is -0.0498. The second-order valence-electron chi connectivity index (χ2n) is 4.98. The van der Waals surface area contributed by atoms with E-state index in [0.717, 1.165) is 16.6 Å². The third-order valence-corrected chi connectivity index (χ3v) is 3.44. The number of benzene rings is 2. The largest absolute Gasteiger partial charge is 0.435 e. The van der Waals surface area contributed by atoms with E-state index in [1.807, 2.05) is 28.8 Å². The van der Waals surface area contributed by atoms with Gasteiger partial charge in [0.05, 0.1) is 17.1 Å². The number of nitriles is 1. The SMILES string of the molecule is N#CCn1c(C=Cc2ccc(OC(F)F)cc2)nc2ccccc21. The van der Waals surface area contributed by atoms with Gasteiger partial charge in [0, 0.05) is 0 Å². The van der Waals surface area contributed by atoms with Gasteiger partial charge in [-0.05, 0) is 35.9 Å². The maximum Gasteiger partial charge on any atom is 0.387 e. The molecule has 1 aromatic heterocycles. The fourth-order valence-electron chi connectivity index (χ4n) is 2.39. The summed E-state index contributed by atoms with van der Waals surface area (Å²) in [6.45, 7) is -2.64. The number of fused-ring (bicyclic) bond motifs is 1.